The lowest BCUT2D eigenvalue weighted by Crippen LogP contribution is -2.18. The van der Waals surface area contributed by atoms with E-state index in [1.54, 1.807) is 6.92 Å². The van der Waals surface area contributed by atoms with Gasteiger partial charge in [-0.3, -0.25) is 4.79 Å². The van der Waals surface area contributed by atoms with Crippen molar-refractivity contribution in [3.05, 3.63) is 32.7 Å². The van der Waals surface area contributed by atoms with E-state index >= 15 is 0 Å². The Morgan fingerprint density at radius 2 is 2.00 bits per heavy atom. The molecule has 0 aromatic heterocycles. The number of carbonyl (C=O) groups excluding carboxylic acids is 1. The number of benzene rings is 1. The Morgan fingerprint density at radius 3 is 2.50 bits per heavy atom. The van der Waals surface area contributed by atoms with Crippen LogP contribution in [-0.4, -0.2) is 12.6 Å². The standard InChI is InChI=1S/C11H13Br2NO2/c1-2-16-10(15)6-9(14)11-7(12)4-3-5-8(11)13/h3-5,9H,2,6,14H2,1H3/t9-/m1/s1. The molecule has 0 bridgehead atoms. The minimum atomic E-state index is -0.371. The predicted octanol–water partition coefficient (Wildman–Crippen LogP) is 3.16. The van der Waals surface area contributed by atoms with E-state index in [2.05, 4.69) is 31.9 Å². The molecule has 2 N–H and O–H groups in total. The summed E-state index contributed by atoms with van der Waals surface area (Å²) in [5, 5.41) is 0. The van der Waals surface area contributed by atoms with Crippen LogP contribution in [0.3, 0.4) is 0 Å². The molecule has 1 rings (SSSR count). The van der Waals surface area contributed by atoms with Crippen molar-refractivity contribution >= 4 is 37.8 Å². The van der Waals surface area contributed by atoms with E-state index in [-0.39, 0.29) is 18.4 Å². The Bertz CT molecular complexity index is 362. The summed E-state index contributed by atoms with van der Waals surface area (Å²) in [4.78, 5) is 11.3. The third-order valence-electron chi connectivity index (χ3n) is 2.06. The van der Waals surface area contributed by atoms with Gasteiger partial charge in [-0.05, 0) is 24.6 Å². The number of halogens is 2. The summed E-state index contributed by atoms with van der Waals surface area (Å²) in [5.74, 6) is -0.280. The van der Waals surface area contributed by atoms with Gasteiger partial charge in [0, 0.05) is 15.0 Å². The lowest BCUT2D eigenvalue weighted by atomic mass is 10.1. The molecular weight excluding hydrogens is 338 g/mol. The largest absolute Gasteiger partial charge is 0.466 e. The molecule has 1 aromatic carbocycles. The van der Waals surface area contributed by atoms with Gasteiger partial charge in [-0.1, -0.05) is 37.9 Å². The van der Waals surface area contributed by atoms with E-state index in [1.165, 1.54) is 0 Å². The second-order valence-electron chi connectivity index (χ2n) is 3.25. The first-order valence-electron chi connectivity index (χ1n) is 4.91. The first-order chi connectivity index (χ1) is 7.56. The third kappa shape index (κ3) is 3.57. The summed E-state index contributed by atoms with van der Waals surface area (Å²) >= 11 is 6.83. The van der Waals surface area contributed by atoms with Crippen molar-refractivity contribution in [1.29, 1.82) is 0 Å². The molecule has 0 heterocycles. The molecular formula is C11H13Br2NO2. The van der Waals surface area contributed by atoms with Gasteiger partial charge < -0.3 is 10.5 Å². The molecule has 0 unspecified atom stereocenters. The van der Waals surface area contributed by atoms with Gasteiger partial charge in [0.1, 0.15) is 0 Å². The van der Waals surface area contributed by atoms with Crippen molar-refractivity contribution in [3.8, 4) is 0 Å². The van der Waals surface area contributed by atoms with E-state index < -0.39 is 0 Å². The zero-order valence-corrected chi connectivity index (χ0v) is 12.0. The molecule has 0 radical (unpaired) electrons. The highest BCUT2D eigenvalue weighted by Gasteiger charge is 2.17. The molecule has 0 saturated carbocycles. The van der Waals surface area contributed by atoms with Crippen molar-refractivity contribution in [2.45, 2.75) is 19.4 Å². The number of hydrogen-bond donors (Lipinski definition) is 1. The summed E-state index contributed by atoms with van der Waals surface area (Å²) < 4.78 is 6.64. The van der Waals surface area contributed by atoms with Crippen molar-refractivity contribution in [3.63, 3.8) is 0 Å². The summed E-state index contributed by atoms with van der Waals surface area (Å²) in [6, 6.07) is 5.31. The quantitative estimate of drug-likeness (QED) is 0.848. The number of hydrogen-bond acceptors (Lipinski definition) is 3. The molecule has 0 aliphatic heterocycles. The average Bonchev–Trinajstić information content (AvgIpc) is 2.17. The maximum Gasteiger partial charge on any atom is 0.307 e. The van der Waals surface area contributed by atoms with Crippen LogP contribution in [0.5, 0.6) is 0 Å². The van der Waals surface area contributed by atoms with Crippen LogP contribution in [0.4, 0.5) is 0 Å². The minimum absolute atomic E-state index is 0.176. The molecule has 0 spiro atoms. The normalized spacial score (nSPS) is 12.2. The lowest BCUT2D eigenvalue weighted by molar-refractivity contribution is -0.143. The van der Waals surface area contributed by atoms with Gasteiger partial charge in [0.15, 0.2) is 0 Å². The van der Waals surface area contributed by atoms with Crippen LogP contribution in [0.1, 0.15) is 24.9 Å². The summed E-state index contributed by atoms with van der Waals surface area (Å²) in [6.45, 7) is 2.15. The second kappa shape index (κ2) is 6.37. The fraction of sp³-hybridized carbons (Fsp3) is 0.364. The molecule has 0 aliphatic rings. The van der Waals surface area contributed by atoms with E-state index in [0.717, 1.165) is 14.5 Å². The van der Waals surface area contributed by atoms with E-state index in [0.29, 0.717) is 6.61 Å². The Morgan fingerprint density at radius 1 is 1.44 bits per heavy atom. The monoisotopic (exact) mass is 349 g/mol. The van der Waals surface area contributed by atoms with Gasteiger partial charge in [-0.15, -0.1) is 0 Å². The highest BCUT2D eigenvalue weighted by Crippen LogP contribution is 2.31. The molecule has 16 heavy (non-hydrogen) atoms. The van der Waals surface area contributed by atoms with Crippen molar-refractivity contribution in [2.75, 3.05) is 6.61 Å². The number of rotatable bonds is 4. The van der Waals surface area contributed by atoms with Crippen LogP contribution in [0.25, 0.3) is 0 Å². The smallest absolute Gasteiger partial charge is 0.307 e. The minimum Gasteiger partial charge on any atom is -0.466 e. The molecule has 88 valence electrons. The SMILES string of the molecule is CCOC(=O)C[C@@H](N)c1c(Br)cccc1Br. The molecule has 5 heteroatoms. The van der Waals surface area contributed by atoms with Crippen molar-refractivity contribution < 1.29 is 9.53 Å². The van der Waals surface area contributed by atoms with Crippen LogP contribution in [0.2, 0.25) is 0 Å². The number of ether oxygens (including phenoxy) is 1. The Kier molecular flexibility index (Phi) is 5.44. The maximum atomic E-state index is 11.3. The molecule has 3 nitrogen and oxygen atoms in total. The number of carbonyl (C=O) groups is 1. The Hall–Kier alpha value is -0.390. The van der Waals surface area contributed by atoms with E-state index in [9.17, 15) is 4.79 Å². The number of esters is 1. The average molecular weight is 351 g/mol. The van der Waals surface area contributed by atoms with E-state index in [1.807, 2.05) is 18.2 Å². The van der Waals surface area contributed by atoms with Gasteiger partial charge in [0.05, 0.1) is 13.0 Å². The van der Waals surface area contributed by atoms with Crippen molar-refractivity contribution in [2.24, 2.45) is 5.73 Å². The lowest BCUT2D eigenvalue weighted by Gasteiger charge is -2.14. The molecule has 1 aromatic rings. The van der Waals surface area contributed by atoms with Gasteiger partial charge in [0.25, 0.3) is 0 Å². The Labute approximate surface area is 112 Å². The third-order valence-corrected chi connectivity index (χ3v) is 3.45. The van der Waals surface area contributed by atoms with Crippen LogP contribution >= 0.6 is 31.9 Å². The first-order valence-corrected chi connectivity index (χ1v) is 6.50. The van der Waals surface area contributed by atoms with Crippen molar-refractivity contribution in [1.82, 2.24) is 0 Å². The van der Waals surface area contributed by atoms with E-state index in [4.69, 9.17) is 10.5 Å². The molecule has 0 saturated heterocycles. The topological polar surface area (TPSA) is 52.3 Å². The predicted molar refractivity (Wildman–Crippen MR) is 70.0 cm³/mol. The summed E-state index contributed by atoms with van der Waals surface area (Å²) in [5.41, 5.74) is 6.85. The molecule has 0 aliphatic carbocycles. The van der Waals surface area contributed by atoms with Gasteiger partial charge >= 0.3 is 5.97 Å². The van der Waals surface area contributed by atoms with Crippen LogP contribution in [-0.2, 0) is 9.53 Å². The maximum absolute atomic E-state index is 11.3. The van der Waals surface area contributed by atoms with Gasteiger partial charge in [-0.2, -0.15) is 0 Å². The molecule has 0 amide bonds. The second-order valence-corrected chi connectivity index (χ2v) is 4.96. The first kappa shape index (κ1) is 13.7. The fourth-order valence-electron chi connectivity index (χ4n) is 1.37. The zero-order valence-electron chi connectivity index (χ0n) is 8.87. The highest BCUT2D eigenvalue weighted by atomic mass is 79.9. The molecule has 1 atom stereocenters. The van der Waals surface area contributed by atoms with Crippen LogP contribution < -0.4 is 5.73 Å². The summed E-state index contributed by atoms with van der Waals surface area (Å²) in [7, 11) is 0. The molecule has 0 fully saturated rings. The van der Waals surface area contributed by atoms with Gasteiger partial charge in [-0.25, -0.2) is 0 Å². The number of nitrogens with two attached hydrogens (primary N) is 1. The Balaban J connectivity index is 2.80. The highest BCUT2D eigenvalue weighted by molar-refractivity contribution is 9.11. The van der Waals surface area contributed by atoms with Crippen LogP contribution in [0.15, 0.2) is 27.1 Å². The van der Waals surface area contributed by atoms with Crippen LogP contribution in [0, 0.1) is 0 Å². The van der Waals surface area contributed by atoms with Gasteiger partial charge in [0.2, 0.25) is 0 Å². The summed E-state index contributed by atoms with van der Waals surface area (Å²) in [6.07, 6.45) is 0.176. The fourth-order valence-corrected chi connectivity index (χ4v) is 2.95. The zero-order chi connectivity index (χ0) is 12.1.